The second-order valence-corrected chi connectivity index (χ2v) is 9.52. The summed E-state index contributed by atoms with van der Waals surface area (Å²) in [5, 5.41) is 14.7. The summed E-state index contributed by atoms with van der Waals surface area (Å²) in [4.78, 5) is 29.5. The maximum Gasteiger partial charge on any atom is 0.276 e. The van der Waals surface area contributed by atoms with E-state index in [1.807, 2.05) is 4.90 Å². The van der Waals surface area contributed by atoms with Crippen molar-refractivity contribution >= 4 is 28.9 Å². The Morgan fingerprint density at radius 1 is 1.16 bits per heavy atom. The van der Waals surface area contributed by atoms with Gasteiger partial charge in [0.25, 0.3) is 5.91 Å². The highest BCUT2D eigenvalue weighted by molar-refractivity contribution is 6.36. The fraction of sp³-hybridized carbons (Fsp3) is 0.609. The SMILES string of the molecule is CCc1cc(C2CC2)cc2c(Cl)c(C(=O)N3CCN([C@H]4CC[C@H](O)CC4)C(=O)C3)nn12. The van der Waals surface area contributed by atoms with Crippen LogP contribution in [-0.2, 0) is 11.2 Å². The van der Waals surface area contributed by atoms with Gasteiger partial charge in [-0.05, 0) is 68.6 Å². The number of pyridine rings is 1. The van der Waals surface area contributed by atoms with Gasteiger partial charge in [0.15, 0.2) is 5.69 Å². The molecule has 2 saturated carbocycles. The fourth-order valence-corrected chi connectivity index (χ4v) is 5.27. The van der Waals surface area contributed by atoms with Gasteiger partial charge in [0.1, 0.15) is 6.54 Å². The molecule has 0 aromatic carbocycles. The minimum absolute atomic E-state index is 0.0360. The number of aliphatic hydroxyl groups is 1. The highest BCUT2D eigenvalue weighted by atomic mass is 35.5. The van der Waals surface area contributed by atoms with Crippen molar-refractivity contribution in [2.45, 2.75) is 69.9 Å². The highest BCUT2D eigenvalue weighted by Crippen LogP contribution is 2.41. The molecule has 0 radical (unpaired) electrons. The molecule has 3 aliphatic rings. The van der Waals surface area contributed by atoms with Crippen LogP contribution in [0.2, 0.25) is 5.02 Å². The molecule has 8 heteroatoms. The number of aromatic nitrogens is 2. The van der Waals surface area contributed by atoms with Gasteiger partial charge in [-0.3, -0.25) is 9.59 Å². The minimum atomic E-state index is -0.282. The average Bonchev–Trinajstić information content (AvgIpc) is 3.57. The third-order valence-electron chi connectivity index (χ3n) is 7.03. The number of aliphatic hydroxyl groups excluding tert-OH is 1. The van der Waals surface area contributed by atoms with Gasteiger partial charge in [-0.25, -0.2) is 4.52 Å². The van der Waals surface area contributed by atoms with E-state index >= 15 is 0 Å². The molecule has 2 aromatic heterocycles. The summed E-state index contributed by atoms with van der Waals surface area (Å²) >= 11 is 6.65. The topological polar surface area (TPSA) is 78.2 Å². The zero-order chi connectivity index (χ0) is 21.7. The molecule has 2 aromatic rings. The molecule has 7 nitrogen and oxygen atoms in total. The van der Waals surface area contributed by atoms with Crippen LogP contribution >= 0.6 is 11.6 Å². The summed E-state index contributed by atoms with van der Waals surface area (Å²) in [7, 11) is 0. The molecule has 31 heavy (non-hydrogen) atoms. The molecular formula is C23H29ClN4O3. The third kappa shape index (κ3) is 3.82. The molecule has 1 aliphatic heterocycles. The first-order chi connectivity index (χ1) is 15.0. The van der Waals surface area contributed by atoms with Crippen molar-refractivity contribution in [2.24, 2.45) is 0 Å². The van der Waals surface area contributed by atoms with Crippen molar-refractivity contribution in [3.05, 3.63) is 34.1 Å². The van der Waals surface area contributed by atoms with E-state index in [4.69, 9.17) is 11.6 Å². The molecule has 2 amide bonds. The molecule has 0 spiro atoms. The minimum Gasteiger partial charge on any atom is -0.393 e. The molecule has 0 atom stereocenters. The van der Waals surface area contributed by atoms with Crippen LogP contribution in [0.4, 0.5) is 0 Å². The summed E-state index contributed by atoms with van der Waals surface area (Å²) in [5.41, 5.74) is 3.32. The summed E-state index contributed by atoms with van der Waals surface area (Å²) < 4.78 is 1.78. The van der Waals surface area contributed by atoms with Gasteiger partial charge in [0, 0.05) is 24.8 Å². The van der Waals surface area contributed by atoms with Gasteiger partial charge in [-0.15, -0.1) is 0 Å². The van der Waals surface area contributed by atoms with E-state index in [1.54, 1.807) is 9.42 Å². The van der Waals surface area contributed by atoms with Crippen molar-refractivity contribution in [1.29, 1.82) is 0 Å². The zero-order valence-corrected chi connectivity index (χ0v) is 18.6. The van der Waals surface area contributed by atoms with Gasteiger partial charge in [0.2, 0.25) is 5.91 Å². The first-order valence-corrected chi connectivity index (χ1v) is 11.8. The molecule has 3 fully saturated rings. The highest BCUT2D eigenvalue weighted by Gasteiger charge is 2.35. The number of halogens is 1. The molecule has 1 N–H and O–H groups in total. The Morgan fingerprint density at radius 2 is 1.90 bits per heavy atom. The number of nitrogens with zero attached hydrogens (tertiary/aromatic N) is 4. The largest absolute Gasteiger partial charge is 0.393 e. The Bertz CT molecular complexity index is 1020. The number of hydrogen-bond donors (Lipinski definition) is 1. The monoisotopic (exact) mass is 444 g/mol. The van der Waals surface area contributed by atoms with E-state index < -0.39 is 0 Å². The van der Waals surface area contributed by atoms with E-state index in [9.17, 15) is 14.7 Å². The van der Waals surface area contributed by atoms with Gasteiger partial charge >= 0.3 is 0 Å². The van der Waals surface area contributed by atoms with Crippen molar-refractivity contribution in [3.8, 4) is 0 Å². The molecule has 5 rings (SSSR count). The summed E-state index contributed by atoms with van der Waals surface area (Å²) in [5.74, 6) is 0.272. The maximum absolute atomic E-state index is 13.3. The second kappa shape index (κ2) is 8.10. The van der Waals surface area contributed by atoms with Crippen molar-refractivity contribution < 1.29 is 14.7 Å². The Balaban J connectivity index is 1.36. The Labute approximate surface area is 186 Å². The number of rotatable bonds is 4. The second-order valence-electron chi connectivity index (χ2n) is 9.14. The van der Waals surface area contributed by atoms with Crippen molar-refractivity contribution in [1.82, 2.24) is 19.4 Å². The van der Waals surface area contributed by atoms with Crippen LogP contribution in [0.25, 0.3) is 5.52 Å². The van der Waals surface area contributed by atoms with E-state index in [0.29, 0.717) is 24.0 Å². The molecule has 166 valence electrons. The number of piperazine rings is 1. The lowest BCUT2D eigenvalue weighted by molar-refractivity contribution is -0.138. The molecule has 0 bridgehead atoms. The summed E-state index contributed by atoms with van der Waals surface area (Å²) in [6.45, 7) is 3.12. The van der Waals surface area contributed by atoms with Crippen LogP contribution in [0.5, 0.6) is 0 Å². The number of carbonyl (C=O) groups excluding carboxylic acids is 2. The summed E-state index contributed by atoms with van der Waals surface area (Å²) in [6, 6.07) is 4.40. The first kappa shape index (κ1) is 20.8. The van der Waals surface area contributed by atoms with E-state index in [1.165, 1.54) is 18.4 Å². The Hall–Kier alpha value is -2.12. The molecule has 3 heterocycles. The van der Waals surface area contributed by atoms with Crippen molar-refractivity contribution in [3.63, 3.8) is 0 Å². The third-order valence-corrected chi connectivity index (χ3v) is 7.41. The number of fused-ring (bicyclic) bond motifs is 1. The average molecular weight is 445 g/mol. The zero-order valence-electron chi connectivity index (χ0n) is 17.9. The van der Waals surface area contributed by atoms with Crippen LogP contribution in [0.15, 0.2) is 12.1 Å². The molecular weight excluding hydrogens is 416 g/mol. The van der Waals surface area contributed by atoms with E-state index in [2.05, 4.69) is 24.2 Å². The van der Waals surface area contributed by atoms with E-state index in [0.717, 1.165) is 43.3 Å². The standard InChI is InChI=1S/C23H29ClN4O3/c1-2-16-11-15(14-3-4-14)12-19-21(24)22(25-28(16)19)23(31)26-9-10-27(20(30)13-26)17-5-7-18(29)8-6-17/h11-12,14,17-18,29H,2-10,13H2,1H3/t17-,18-. The van der Waals surface area contributed by atoms with Crippen LogP contribution in [0, 0.1) is 0 Å². The molecule has 2 aliphatic carbocycles. The van der Waals surface area contributed by atoms with Crippen LogP contribution in [0.3, 0.4) is 0 Å². The van der Waals surface area contributed by atoms with Gasteiger partial charge in [0.05, 0.1) is 16.6 Å². The lowest BCUT2D eigenvalue weighted by Gasteiger charge is -2.41. The summed E-state index contributed by atoms with van der Waals surface area (Å²) in [6.07, 6.45) is 6.06. The maximum atomic E-state index is 13.3. The smallest absolute Gasteiger partial charge is 0.276 e. The van der Waals surface area contributed by atoms with E-state index in [-0.39, 0.29) is 36.2 Å². The number of amides is 2. The van der Waals surface area contributed by atoms with Crippen LogP contribution in [-0.4, -0.2) is 68.1 Å². The Kier molecular flexibility index (Phi) is 5.42. The quantitative estimate of drug-likeness (QED) is 0.786. The molecule has 1 saturated heterocycles. The number of aryl methyl sites for hydroxylation is 1. The normalized spacial score (nSPS) is 24.8. The lowest BCUT2D eigenvalue weighted by atomic mass is 9.91. The predicted octanol–water partition coefficient (Wildman–Crippen LogP) is 3.02. The van der Waals surface area contributed by atoms with Crippen LogP contribution < -0.4 is 0 Å². The van der Waals surface area contributed by atoms with Gasteiger partial charge in [-0.1, -0.05) is 18.5 Å². The first-order valence-electron chi connectivity index (χ1n) is 11.4. The predicted molar refractivity (Wildman–Crippen MR) is 117 cm³/mol. The lowest BCUT2D eigenvalue weighted by Crippen LogP contribution is -2.56. The number of hydrogen-bond acceptors (Lipinski definition) is 4. The molecule has 0 unspecified atom stereocenters. The van der Waals surface area contributed by atoms with Gasteiger partial charge < -0.3 is 14.9 Å². The Morgan fingerprint density at radius 3 is 2.55 bits per heavy atom. The number of carbonyl (C=O) groups is 2. The fourth-order valence-electron chi connectivity index (χ4n) is 5.01. The van der Waals surface area contributed by atoms with Gasteiger partial charge in [-0.2, -0.15) is 5.10 Å². The van der Waals surface area contributed by atoms with Crippen LogP contribution in [0.1, 0.15) is 73.1 Å². The van der Waals surface area contributed by atoms with Crippen molar-refractivity contribution in [2.75, 3.05) is 19.6 Å².